The summed E-state index contributed by atoms with van der Waals surface area (Å²) in [5, 5.41) is 16.8. The van der Waals surface area contributed by atoms with Crippen molar-refractivity contribution in [3.63, 3.8) is 0 Å². The number of nitrogens with one attached hydrogen (secondary N) is 1. The number of hydrogen-bond donors (Lipinski definition) is 1. The highest BCUT2D eigenvalue weighted by Crippen LogP contribution is 2.28. The van der Waals surface area contributed by atoms with Crippen molar-refractivity contribution < 1.29 is 0 Å². The molecule has 0 aliphatic rings. The van der Waals surface area contributed by atoms with E-state index < -0.39 is 0 Å². The first-order valence-electron chi connectivity index (χ1n) is 6.48. The molecule has 1 atom stereocenters. The highest BCUT2D eigenvalue weighted by atomic mass is 35.5. The van der Waals surface area contributed by atoms with Gasteiger partial charge < -0.3 is 5.32 Å². The fourth-order valence-corrected chi connectivity index (χ4v) is 3.09. The van der Waals surface area contributed by atoms with Gasteiger partial charge in [0.05, 0.1) is 10.0 Å². The lowest BCUT2D eigenvalue weighted by Gasteiger charge is -2.15. The fraction of sp³-hybridized carbons (Fsp3) is 0.214. The molecular weight excluding hydrogens is 306 g/mol. The lowest BCUT2D eigenvalue weighted by Crippen LogP contribution is -2.07. The normalized spacial score (nSPS) is 12.3. The number of thiophene rings is 1. The van der Waals surface area contributed by atoms with Crippen LogP contribution in [-0.4, -0.2) is 20.2 Å². The highest BCUT2D eigenvalue weighted by Gasteiger charge is 2.09. The van der Waals surface area contributed by atoms with Crippen LogP contribution >= 0.6 is 22.9 Å². The Labute approximate surface area is 131 Å². The van der Waals surface area contributed by atoms with Crippen LogP contribution in [0.3, 0.4) is 0 Å². The van der Waals surface area contributed by atoms with Crippen LogP contribution in [0.4, 0.5) is 5.69 Å². The van der Waals surface area contributed by atoms with Crippen molar-refractivity contribution >= 4 is 28.6 Å². The van der Waals surface area contributed by atoms with Gasteiger partial charge in [0.2, 0.25) is 0 Å². The van der Waals surface area contributed by atoms with Crippen LogP contribution < -0.4 is 5.32 Å². The molecule has 0 aliphatic heterocycles. The Morgan fingerprint density at radius 1 is 1.33 bits per heavy atom. The van der Waals surface area contributed by atoms with E-state index in [1.54, 1.807) is 22.3 Å². The maximum Gasteiger partial charge on any atom is 0.143 e. The molecule has 0 bridgehead atoms. The van der Waals surface area contributed by atoms with Crippen molar-refractivity contribution in [2.45, 2.75) is 19.9 Å². The van der Waals surface area contributed by atoms with Gasteiger partial charge in [-0.25, -0.2) is 4.68 Å². The first kappa shape index (κ1) is 14.0. The topological polar surface area (TPSA) is 55.6 Å². The van der Waals surface area contributed by atoms with Gasteiger partial charge in [-0.05, 0) is 59.0 Å². The molecule has 3 aromatic rings. The second kappa shape index (κ2) is 5.83. The van der Waals surface area contributed by atoms with Crippen molar-refractivity contribution in [2.75, 3.05) is 5.32 Å². The summed E-state index contributed by atoms with van der Waals surface area (Å²) in [6, 6.07) is 8.30. The zero-order valence-corrected chi connectivity index (χ0v) is 13.2. The smallest absolute Gasteiger partial charge is 0.143 e. The minimum atomic E-state index is 0.179. The Bertz CT molecular complexity index is 738. The summed E-state index contributed by atoms with van der Waals surface area (Å²) in [6.45, 7) is 4.14. The summed E-state index contributed by atoms with van der Waals surface area (Å²) in [7, 11) is 0. The number of rotatable bonds is 4. The summed E-state index contributed by atoms with van der Waals surface area (Å²) < 4.78 is 2.46. The first-order valence-corrected chi connectivity index (χ1v) is 7.74. The predicted molar refractivity (Wildman–Crippen MR) is 85.3 cm³/mol. The average molecular weight is 320 g/mol. The number of hydrogen-bond acceptors (Lipinski definition) is 5. The second-order valence-corrected chi connectivity index (χ2v) is 6.35. The van der Waals surface area contributed by atoms with Crippen molar-refractivity contribution in [1.29, 1.82) is 0 Å². The molecule has 3 rings (SSSR count). The van der Waals surface area contributed by atoms with Gasteiger partial charge in [-0.3, -0.25) is 0 Å². The summed E-state index contributed by atoms with van der Waals surface area (Å²) in [4.78, 5) is 0. The van der Waals surface area contributed by atoms with Crippen molar-refractivity contribution in [2.24, 2.45) is 0 Å². The first-order chi connectivity index (χ1) is 10.1. The third-order valence-corrected chi connectivity index (χ3v) is 4.39. The third kappa shape index (κ3) is 3.06. The Morgan fingerprint density at radius 2 is 2.19 bits per heavy atom. The minimum Gasteiger partial charge on any atom is -0.378 e. The summed E-state index contributed by atoms with van der Waals surface area (Å²) in [5.41, 5.74) is 4.26. The maximum absolute atomic E-state index is 5.99. The second-order valence-electron chi connectivity index (χ2n) is 4.81. The third-order valence-electron chi connectivity index (χ3n) is 3.28. The van der Waals surface area contributed by atoms with Crippen LogP contribution in [0.2, 0.25) is 4.34 Å². The maximum atomic E-state index is 5.99. The molecule has 0 amide bonds. The SMILES string of the molecule is Cc1ccc(NC(C)c2csc(Cl)c2)cc1-n1cnnn1. The van der Waals surface area contributed by atoms with Gasteiger partial charge >= 0.3 is 0 Å². The molecule has 0 saturated carbocycles. The van der Waals surface area contributed by atoms with E-state index in [0.29, 0.717) is 0 Å². The Balaban J connectivity index is 1.85. The molecule has 1 unspecified atom stereocenters. The molecule has 0 spiro atoms. The molecule has 1 aromatic carbocycles. The monoisotopic (exact) mass is 319 g/mol. The molecular formula is C14H14ClN5S. The number of tetrazole rings is 1. The van der Waals surface area contributed by atoms with Gasteiger partial charge in [0.15, 0.2) is 0 Å². The fourth-order valence-electron chi connectivity index (χ4n) is 2.10. The van der Waals surface area contributed by atoms with Crippen LogP contribution in [0.25, 0.3) is 5.69 Å². The van der Waals surface area contributed by atoms with Gasteiger partial charge in [-0.2, -0.15) is 0 Å². The van der Waals surface area contributed by atoms with E-state index >= 15 is 0 Å². The zero-order chi connectivity index (χ0) is 14.8. The molecule has 2 aromatic heterocycles. The number of aromatic nitrogens is 4. The van der Waals surface area contributed by atoms with E-state index in [-0.39, 0.29) is 6.04 Å². The van der Waals surface area contributed by atoms with Gasteiger partial charge in [0.25, 0.3) is 0 Å². The molecule has 7 heteroatoms. The van der Waals surface area contributed by atoms with E-state index in [4.69, 9.17) is 11.6 Å². The Morgan fingerprint density at radius 3 is 2.86 bits per heavy atom. The molecule has 0 fully saturated rings. The molecule has 0 radical (unpaired) electrons. The molecule has 21 heavy (non-hydrogen) atoms. The van der Waals surface area contributed by atoms with Crippen molar-refractivity contribution in [3.05, 3.63) is 51.4 Å². The number of halogens is 1. The summed E-state index contributed by atoms with van der Waals surface area (Å²) in [6.07, 6.45) is 1.59. The Hall–Kier alpha value is -1.92. The predicted octanol–water partition coefficient (Wildman–Crippen LogP) is 3.86. The summed E-state index contributed by atoms with van der Waals surface area (Å²) >= 11 is 7.53. The van der Waals surface area contributed by atoms with Gasteiger partial charge in [-0.15, -0.1) is 16.4 Å². The quantitative estimate of drug-likeness (QED) is 0.793. The molecule has 1 N–H and O–H groups in total. The highest BCUT2D eigenvalue weighted by molar-refractivity contribution is 7.14. The van der Waals surface area contributed by atoms with E-state index in [1.807, 2.05) is 31.2 Å². The number of nitrogens with zero attached hydrogens (tertiary/aromatic N) is 4. The van der Waals surface area contributed by atoms with Gasteiger partial charge in [-0.1, -0.05) is 17.7 Å². The zero-order valence-electron chi connectivity index (χ0n) is 11.6. The van der Waals surface area contributed by atoms with E-state index in [0.717, 1.165) is 21.3 Å². The lowest BCUT2D eigenvalue weighted by atomic mass is 10.1. The number of aryl methyl sites for hydroxylation is 1. The lowest BCUT2D eigenvalue weighted by molar-refractivity contribution is 0.785. The van der Waals surface area contributed by atoms with Crippen LogP contribution in [0.1, 0.15) is 24.1 Å². The molecule has 0 saturated heterocycles. The van der Waals surface area contributed by atoms with Crippen LogP contribution in [0, 0.1) is 6.92 Å². The summed E-state index contributed by atoms with van der Waals surface area (Å²) in [5.74, 6) is 0. The van der Waals surface area contributed by atoms with Gasteiger partial charge in [0, 0.05) is 11.7 Å². The minimum absolute atomic E-state index is 0.179. The number of benzene rings is 1. The van der Waals surface area contributed by atoms with Crippen LogP contribution in [0.5, 0.6) is 0 Å². The van der Waals surface area contributed by atoms with Crippen LogP contribution in [-0.2, 0) is 0 Å². The number of anilines is 1. The van der Waals surface area contributed by atoms with E-state index in [1.165, 1.54) is 5.56 Å². The van der Waals surface area contributed by atoms with Crippen molar-refractivity contribution in [1.82, 2.24) is 20.2 Å². The molecule has 2 heterocycles. The Kier molecular flexibility index (Phi) is 3.90. The molecule has 5 nitrogen and oxygen atoms in total. The van der Waals surface area contributed by atoms with Crippen molar-refractivity contribution in [3.8, 4) is 5.69 Å². The standard InChI is InChI=1S/C14H14ClN5S/c1-9-3-4-12(6-13(9)20-8-16-18-19-20)17-10(2)11-5-14(15)21-7-11/h3-8,10,17H,1-2H3. The van der Waals surface area contributed by atoms with Gasteiger partial charge in [0.1, 0.15) is 6.33 Å². The van der Waals surface area contributed by atoms with Crippen LogP contribution in [0.15, 0.2) is 36.0 Å². The average Bonchev–Trinajstić information content (AvgIpc) is 3.12. The van der Waals surface area contributed by atoms with E-state index in [2.05, 4.69) is 33.1 Å². The molecule has 108 valence electrons. The van der Waals surface area contributed by atoms with E-state index in [9.17, 15) is 0 Å². The molecule has 0 aliphatic carbocycles. The largest absolute Gasteiger partial charge is 0.378 e.